The molecule has 2 bridgehead atoms. The SMILES string of the molecule is O=C1[C@@H]2[C@H](C(=O)N1Cc1ccco1)[C@H]1c3ccccc3[C@H]2[C@@H]2C=CC=C[C@@H]21. The molecule has 0 N–H and O–H groups in total. The maximum atomic E-state index is 13.4. The molecule has 2 fully saturated rings. The summed E-state index contributed by atoms with van der Waals surface area (Å²) in [7, 11) is 0. The fourth-order valence-corrected chi connectivity index (χ4v) is 6.00. The quantitative estimate of drug-likeness (QED) is 0.771. The molecule has 4 heteroatoms. The number of carbonyl (C=O) groups excluding carboxylic acids is 2. The minimum atomic E-state index is -0.259. The number of nitrogens with zero attached hydrogens (tertiary/aromatic N) is 1. The van der Waals surface area contributed by atoms with Crippen molar-refractivity contribution in [2.75, 3.05) is 0 Å². The van der Waals surface area contributed by atoms with E-state index in [1.165, 1.54) is 16.0 Å². The standard InChI is InChI=1S/C23H19NO3/c25-22-20-18-14-7-1-2-8-15(14)19(17-10-4-3-9-16(17)18)21(20)23(26)24(22)12-13-6-5-11-27-13/h1-11,14-15,18-21H,12H2/t14-,15+,18-,19-,20+,21-/m1/s1. The maximum absolute atomic E-state index is 13.4. The molecule has 0 unspecified atom stereocenters. The molecule has 1 saturated heterocycles. The summed E-state index contributed by atoms with van der Waals surface area (Å²) in [4.78, 5) is 28.2. The number of likely N-dealkylation sites (tertiary alicyclic amines) is 1. The Kier molecular flexibility index (Phi) is 2.99. The zero-order chi connectivity index (χ0) is 18.1. The number of imide groups is 1. The molecular weight excluding hydrogens is 338 g/mol. The van der Waals surface area contributed by atoms with Crippen LogP contribution in [0, 0.1) is 23.7 Å². The summed E-state index contributed by atoms with van der Waals surface area (Å²) in [6, 6.07) is 12.0. The highest BCUT2D eigenvalue weighted by molar-refractivity contribution is 6.06. The lowest BCUT2D eigenvalue weighted by Gasteiger charge is -2.53. The van der Waals surface area contributed by atoms with Gasteiger partial charge in [-0.25, -0.2) is 0 Å². The van der Waals surface area contributed by atoms with Gasteiger partial charge in [-0.3, -0.25) is 14.5 Å². The van der Waals surface area contributed by atoms with Crippen LogP contribution in [-0.4, -0.2) is 16.7 Å². The third-order valence-corrected chi connectivity index (χ3v) is 6.92. The first kappa shape index (κ1) is 15.2. The molecule has 1 aliphatic heterocycles. The van der Waals surface area contributed by atoms with Crippen LogP contribution in [0.2, 0.25) is 0 Å². The maximum Gasteiger partial charge on any atom is 0.234 e. The Bertz CT molecular complexity index is 939. The Hall–Kier alpha value is -2.88. The second kappa shape index (κ2) is 5.32. The van der Waals surface area contributed by atoms with Crippen LogP contribution in [0.3, 0.4) is 0 Å². The second-order valence-corrected chi connectivity index (χ2v) is 8.00. The van der Waals surface area contributed by atoms with Crippen LogP contribution < -0.4 is 0 Å². The van der Waals surface area contributed by atoms with E-state index in [0.29, 0.717) is 5.76 Å². The molecule has 0 spiro atoms. The van der Waals surface area contributed by atoms with Crippen LogP contribution in [-0.2, 0) is 16.1 Å². The summed E-state index contributed by atoms with van der Waals surface area (Å²) in [6.45, 7) is 0.231. The Morgan fingerprint density at radius 2 is 1.37 bits per heavy atom. The molecule has 1 saturated carbocycles. The summed E-state index contributed by atoms with van der Waals surface area (Å²) >= 11 is 0. The van der Waals surface area contributed by atoms with Crippen LogP contribution in [0.1, 0.15) is 28.7 Å². The summed E-state index contributed by atoms with van der Waals surface area (Å²) in [6.07, 6.45) is 10.2. The van der Waals surface area contributed by atoms with Crippen LogP contribution in [0.4, 0.5) is 0 Å². The summed E-state index contributed by atoms with van der Waals surface area (Å²) in [5, 5.41) is 0. The fraction of sp³-hybridized carbons (Fsp3) is 0.304. The van der Waals surface area contributed by atoms with Crippen molar-refractivity contribution in [2.24, 2.45) is 23.7 Å². The number of hydrogen-bond acceptors (Lipinski definition) is 3. The van der Waals surface area contributed by atoms with E-state index in [4.69, 9.17) is 4.42 Å². The smallest absolute Gasteiger partial charge is 0.234 e. The van der Waals surface area contributed by atoms with Crippen molar-refractivity contribution in [3.05, 3.63) is 83.9 Å². The van der Waals surface area contributed by atoms with Crippen LogP contribution in [0.15, 0.2) is 71.4 Å². The molecule has 4 aliphatic carbocycles. The third-order valence-electron chi connectivity index (χ3n) is 6.92. The van der Waals surface area contributed by atoms with E-state index >= 15 is 0 Å². The molecule has 2 amide bonds. The monoisotopic (exact) mass is 357 g/mol. The van der Waals surface area contributed by atoms with E-state index in [2.05, 4.69) is 36.4 Å². The van der Waals surface area contributed by atoms with Gasteiger partial charge in [0.2, 0.25) is 11.8 Å². The van der Waals surface area contributed by atoms with E-state index in [0.717, 1.165) is 0 Å². The molecule has 7 rings (SSSR count). The van der Waals surface area contributed by atoms with Crippen molar-refractivity contribution in [3.63, 3.8) is 0 Å². The van der Waals surface area contributed by atoms with Crippen molar-refractivity contribution in [1.29, 1.82) is 0 Å². The van der Waals surface area contributed by atoms with Gasteiger partial charge in [-0.1, -0.05) is 48.6 Å². The van der Waals surface area contributed by atoms with Crippen molar-refractivity contribution in [2.45, 2.75) is 18.4 Å². The van der Waals surface area contributed by atoms with E-state index < -0.39 is 0 Å². The van der Waals surface area contributed by atoms with E-state index in [9.17, 15) is 9.59 Å². The van der Waals surface area contributed by atoms with Crippen LogP contribution in [0.5, 0.6) is 0 Å². The Labute approximate surface area is 157 Å². The summed E-state index contributed by atoms with van der Waals surface area (Å²) < 4.78 is 5.40. The van der Waals surface area contributed by atoms with Gasteiger partial charge in [-0.2, -0.15) is 0 Å². The van der Waals surface area contributed by atoms with Gasteiger partial charge in [-0.15, -0.1) is 0 Å². The van der Waals surface area contributed by atoms with Gasteiger partial charge in [0.1, 0.15) is 5.76 Å². The molecule has 2 aromatic rings. The first-order chi connectivity index (χ1) is 13.3. The molecule has 1 aromatic carbocycles. The minimum Gasteiger partial charge on any atom is -0.467 e. The van der Waals surface area contributed by atoms with Gasteiger partial charge < -0.3 is 4.42 Å². The molecule has 6 atom stereocenters. The summed E-state index contributed by atoms with van der Waals surface area (Å²) in [5.41, 5.74) is 2.51. The van der Waals surface area contributed by atoms with Crippen LogP contribution in [0.25, 0.3) is 0 Å². The number of carbonyl (C=O) groups is 2. The molecule has 4 nitrogen and oxygen atoms in total. The highest BCUT2D eigenvalue weighted by Gasteiger charge is 2.64. The lowest BCUT2D eigenvalue weighted by atomic mass is 9.48. The van der Waals surface area contributed by atoms with Crippen molar-refractivity contribution in [3.8, 4) is 0 Å². The zero-order valence-corrected chi connectivity index (χ0v) is 14.7. The molecule has 5 aliphatic rings. The fourth-order valence-electron chi connectivity index (χ4n) is 6.00. The molecule has 27 heavy (non-hydrogen) atoms. The van der Waals surface area contributed by atoms with Gasteiger partial charge in [-0.05, 0) is 35.1 Å². The molecule has 134 valence electrons. The zero-order valence-electron chi connectivity index (χ0n) is 14.7. The van der Waals surface area contributed by atoms with Crippen molar-refractivity contribution < 1.29 is 14.0 Å². The first-order valence-electron chi connectivity index (χ1n) is 9.57. The molecular formula is C23H19NO3. The number of rotatable bonds is 2. The normalized spacial score (nSPS) is 35.3. The van der Waals surface area contributed by atoms with Crippen molar-refractivity contribution in [1.82, 2.24) is 4.90 Å². The van der Waals surface area contributed by atoms with Gasteiger partial charge in [0, 0.05) is 11.8 Å². The van der Waals surface area contributed by atoms with Crippen LogP contribution >= 0.6 is 0 Å². The average molecular weight is 357 g/mol. The predicted octanol–water partition coefficient (Wildman–Crippen LogP) is 3.63. The van der Waals surface area contributed by atoms with Gasteiger partial charge >= 0.3 is 0 Å². The summed E-state index contributed by atoms with van der Waals surface area (Å²) in [5.74, 6) is 0.778. The van der Waals surface area contributed by atoms with E-state index in [1.54, 1.807) is 12.3 Å². The second-order valence-electron chi connectivity index (χ2n) is 8.00. The Morgan fingerprint density at radius 3 is 1.89 bits per heavy atom. The lowest BCUT2D eigenvalue weighted by Crippen LogP contribution is -2.49. The third kappa shape index (κ3) is 1.88. The number of hydrogen-bond donors (Lipinski definition) is 0. The van der Waals surface area contributed by atoms with Gasteiger partial charge in [0.15, 0.2) is 0 Å². The molecule has 1 aromatic heterocycles. The van der Waals surface area contributed by atoms with Gasteiger partial charge in [0.05, 0.1) is 24.6 Å². The van der Waals surface area contributed by atoms with E-state index in [1.807, 2.05) is 18.2 Å². The Balaban J connectivity index is 1.49. The molecule has 0 radical (unpaired) electrons. The van der Waals surface area contributed by atoms with Crippen molar-refractivity contribution >= 4 is 11.8 Å². The topological polar surface area (TPSA) is 50.5 Å². The number of amides is 2. The highest BCUT2D eigenvalue weighted by atomic mass is 16.3. The first-order valence-corrected chi connectivity index (χ1v) is 9.57. The predicted molar refractivity (Wildman–Crippen MR) is 98.4 cm³/mol. The van der Waals surface area contributed by atoms with Gasteiger partial charge in [0.25, 0.3) is 0 Å². The van der Waals surface area contributed by atoms with E-state index in [-0.39, 0.29) is 53.9 Å². The average Bonchev–Trinajstić information content (AvgIpc) is 3.31. The highest BCUT2D eigenvalue weighted by Crippen LogP contribution is 2.64. The largest absolute Gasteiger partial charge is 0.467 e. The number of benzene rings is 1. The lowest BCUT2D eigenvalue weighted by molar-refractivity contribution is -0.141. The number of allylic oxidation sites excluding steroid dienone is 4. The molecule has 2 heterocycles. The Morgan fingerprint density at radius 1 is 0.778 bits per heavy atom. The minimum absolute atomic E-state index is 0.0349. The number of furan rings is 1.